The minimum Gasteiger partial charge on any atom is -0.381 e. The number of rotatable bonds is 11. The maximum atomic E-state index is 14.0. The molecule has 15 nitrogen and oxygen atoms in total. The third kappa shape index (κ3) is 8.23. The number of nitrogens with one attached hydrogen (secondary N) is 3. The predicted molar refractivity (Wildman–Crippen MR) is 225 cm³/mol. The third-order valence-electron chi connectivity index (χ3n) is 10.9. The lowest BCUT2D eigenvalue weighted by molar-refractivity contribution is -0.124. The monoisotopic (exact) mass is 785 g/mol. The fourth-order valence-electron chi connectivity index (χ4n) is 7.70. The maximum Gasteiger partial charge on any atom is 0.254 e. The Morgan fingerprint density at radius 2 is 1.60 bits per heavy atom. The van der Waals surface area contributed by atoms with Gasteiger partial charge in [-0.1, -0.05) is 12.2 Å². The summed E-state index contributed by atoms with van der Waals surface area (Å²) in [4.78, 5) is 45.6. The van der Waals surface area contributed by atoms with E-state index in [9.17, 15) is 9.59 Å². The van der Waals surface area contributed by atoms with Crippen molar-refractivity contribution in [2.45, 2.75) is 64.6 Å². The molecule has 0 atom stereocenters. The normalized spacial score (nSPS) is 18.0. The van der Waals surface area contributed by atoms with Gasteiger partial charge in [-0.05, 0) is 93.5 Å². The number of carbonyl (C=O) groups is 2. The van der Waals surface area contributed by atoms with Crippen LogP contribution in [-0.2, 0) is 20.8 Å². The zero-order chi connectivity index (χ0) is 40.3. The molecule has 4 aromatic heterocycles. The Labute approximate surface area is 338 Å². The number of aromatic amines is 1. The first kappa shape index (κ1) is 38.9. The van der Waals surface area contributed by atoms with Crippen LogP contribution < -0.4 is 15.6 Å². The number of ether oxygens (including phenoxy) is 2. The van der Waals surface area contributed by atoms with Gasteiger partial charge in [0.25, 0.3) is 11.8 Å². The molecule has 3 fully saturated rings. The second-order valence-corrected chi connectivity index (χ2v) is 15.6. The number of pyridine rings is 3. The van der Waals surface area contributed by atoms with Crippen molar-refractivity contribution < 1.29 is 19.1 Å². The van der Waals surface area contributed by atoms with E-state index in [4.69, 9.17) is 34.6 Å². The van der Waals surface area contributed by atoms with Crippen molar-refractivity contribution in [3.63, 3.8) is 0 Å². The Balaban J connectivity index is 1.26. The molecule has 3 N–H and O–H groups in total. The molecule has 15 heteroatoms. The highest BCUT2D eigenvalue weighted by molar-refractivity contribution is 6.18. The number of fused-ring (bicyclic) bond motifs is 2. The van der Waals surface area contributed by atoms with E-state index in [-0.39, 0.29) is 23.9 Å². The van der Waals surface area contributed by atoms with Crippen LogP contribution in [0, 0.1) is 0 Å². The molecular weight excluding hydrogens is 735 g/mol. The van der Waals surface area contributed by atoms with Crippen molar-refractivity contribution >= 4 is 45.9 Å². The zero-order valence-corrected chi connectivity index (χ0v) is 33.7. The van der Waals surface area contributed by atoms with Crippen LogP contribution in [0.2, 0.25) is 0 Å². The summed E-state index contributed by atoms with van der Waals surface area (Å²) in [7, 11) is 3.46. The quantitative estimate of drug-likeness (QED) is 0.126. The number of H-pyrrole nitrogens is 1. The lowest BCUT2D eigenvalue weighted by Gasteiger charge is -2.32. The van der Waals surface area contributed by atoms with Gasteiger partial charge in [0.1, 0.15) is 17.3 Å². The van der Waals surface area contributed by atoms with Gasteiger partial charge in [0.15, 0.2) is 5.82 Å². The van der Waals surface area contributed by atoms with Gasteiger partial charge in [-0.25, -0.2) is 20.0 Å². The van der Waals surface area contributed by atoms with Gasteiger partial charge in [-0.15, -0.1) is 0 Å². The fourth-order valence-corrected chi connectivity index (χ4v) is 7.70. The Morgan fingerprint density at radius 1 is 0.931 bits per heavy atom. The molecule has 58 heavy (non-hydrogen) atoms. The lowest BCUT2D eigenvalue weighted by atomic mass is 9.95. The number of nitrogens with zero attached hydrogens (tertiary/aromatic N) is 8. The highest BCUT2D eigenvalue weighted by Crippen LogP contribution is 2.36. The number of hydrazone groups is 1. The Morgan fingerprint density at radius 3 is 2.26 bits per heavy atom. The summed E-state index contributed by atoms with van der Waals surface area (Å²) >= 11 is 0. The molecule has 8 rings (SSSR count). The van der Waals surface area contributed by atoms with Crippen molar-refractivity contribution in [1.82, 2.24) is 34.9 Å². The molecule has 0 aromatic carbocycles. The summed E-state index contributed by atoms with van der Waals surface area (Å²) in [6.07, 6.45) is 11.6. The number of aromatic nitrogens is 5. The molecular formula is C43H51N11O4. The van der Waals surface area contributed by atoms with Crippen LogP contribution >= 0.6 is 0 Å². The maximum absolute atomic E-state index is 14.0. The topological polar surface area (TPSA) is 166 Å². The fraction of sp³-hybridized carbons (Fsp3) is 0.419. The number of likely N-dealkylation sites (N-methyl/N-ethyl adjacent to an activating group) is 1. The van der Waals surface area contributed by atoms with Gasteiger partial charge in [0.2, 0.25) is 0 Å². The van der Waals surface area contributed by atoms with Gasteiger partial charge in [-0.2, -0.15) is 10.2 Å². The number of likely N-dealkylation sites (tertiary alicyclic amines) is 1. The first-order valence-electron chi connectivity index (χ1n) is 20.1. The van der Waals surface area contributed by atoms with Crippen molar-refractivity contribution in [2.75, 3.05) is 69.3 Å². The van der Waals surface area contributed by atoms with Gasteiger partial charge >= 0.3 is 0 Å². The lowest BCUT2D eigenvalue weighted by Crippen LogP contribution is -2.42. The predicted octanol–water partition coefficient (Wildman–Crippen LogP) is 5.70. The highest BCUT2D eigenvalue weighted by Gasteiger charge is 2.30. The minimum atomic E-state index is -0.155. The summed E-state index contributed by atoms with van der Waals surface area (Å²) in [5, 5.41) is 23.2. The number of carbonyl (C=O) groups excluding carboxylic acids is 2. The van der Waals surface area contributed by atoms with Crippen LogP contribution in [0.25, 0.3) is 22.3 Å². The molecule has 0 radical (unpaired) electrons. The molecule has 0 saturated carbocycles. The second-order valence-electron chi connectivity index (χ2n) is 15.6. The number of amides is 2. The van der Waals surface area contributed by atoms with E-state index in [1.165, 1.54) is 0 Å². The third-order valence-corrected chi connectivity index (χ3v) is 10.9. The van der Waals surface area contributed by atoms with Gasteiger partial charge < -0.3 is 29.9 Å². The number of anilines is 3. The van der Waals surface area contributed by atoms with Crippen molar-refractivity contribution in [3.05, 3.63) is 88.8 Å². The van der Waals surface area contributed by atoms with E-state index in [2.05, 4.69) is 22.3 Å². The molecule has 4 aliphatic rings. The van der Waals surface area contributed by atoms with Gasteiger partial charge in [0, 0.05) is 94.8 Å². The van der Waals surface area contributed by atoms with Crippen molar-refractivity contribution in [2.24, 2.45) is 5.10 Å². The van der Waals surface area contributed by atoms with Crippen LogP contribution in [0.5, 0.6) is 0 Å². The zero-order valence-electron chi connectivity index (χ0n) is 33.7. The van der Waals surface area contributed by atoms with E-state index in [0.29, 0.717) is 85.9 Å². The second kappa shape index (κ2) is 16.9. The molecule has 0 bridgehead atoms. The first-order chi connectivity index (χ1) is 28.1. The summed E-state index contributed by atoms with van der Waals surface area (Å²) in [5.74, 6) is 1.67. The van der Waals surface area contributed by atoms with E-state index in [1.807, 2.05) is 54.1 Å². The Kier molecular flexibility index (Phi) is 11.3. The molecule has 4 aliphatic heterocycles. The van der Waals surface area contributed by atoms with Crippen LogP contribution in [-0.4, -0.2) is 118 Å². The molecule has 4 aromatic rings. The van der Waals surface area contributed by atoms with E-state index in [1.54, 1.807) is 37.5 Å². The SMILES string of the molecule is C=C(C)/C=C(\C=C(/C)C1=NN(c2cc(C(=O)N3CCC3)cc(-c3n[nH]c4ccnc(NC5CCOCC5)c34)n2)Cc2ccnc(NC3CCOCC3)c21)C(=O)N(C)C. The summed E-state index contributed by atoms with van der Waals surface area (Å²) in [6.45, 7) is 12.3. The number of hydrogen-bond acceptors (Lipinski definition) is 12. The number of hydrogen-bond donors (Lipinski definition) is 3. The minimum absolute atomic E-state index is 0.0729. The van der Waals surface area contributed by atoms with Crippen LogP contribution in [0.15, 0.2) is 77.2 Å². The van der Waals surface area contributed by atoms with E-state index < -0.39 is 0 Å². The average Bonchev–Trinajstić information content (AvgIpc) is 3.65. The van der Waals surface area contributed by atoms with E-state index in [0.717, 1.165) is 71.1 Å². The van der Waals surface area contributed by atoms with Gasteiger partial charge in [0.05, 0.1) is 28.9 Å². The van der Waals surface area contributed by atoms with Crippen LogP contribution in [0.1, 0.15) is 67.4 Å². The standard InChI is InChI=1S/C43H51N11O4/c1-26(2)21-29(42(55)52(4)5)22-27(3)38-36-28(7-13-44-40(36)46-31-9-17-57-18-10-31)25-54(51-38)35-24-30(43(56)53-15-6-16-53)23-34(48-35)39-37-33(49-50-39)8-14-45-41(37)47-32-11-19-58-20-12-32/h7-8,13-14,21-24,31-32H,1,6,9-12,15-20,25H2,2-5H3,(H,44,46)(H,45,47)(H,49,50)/b27-22+,29-21+. The molecule has 3 saturated heterocycles. The Bertz CT molecular complexity index is 2310. The molecule has 0 aliphatic carbocycles. The summed E-state index contributed by atoms with van der Waals surface area (Å²) in [6, 6.07) is 7.90. The number of allylic oxidation sites excluding steroid dienone is 3. The van der Waals surface area contributed by atoms with Crippen LogP contribution in [0.3, 0.4) is 0 Å². The van der Waals surface area contributed by atoms with Crippen molar-refractivity contribution in [1.29, 1.82) is 0 Å². The summed E-state index contributed by atoms with van der Waals surface area (Å²) in [5.41, 5.74) is 6.82. The molecule has 0 spiro atoms. The van der Waals surface area contributed by atoms with Gasteiger partial charge in [-0.3, -0.25) is 14.7 Å². The first-order valence-corrected chi connectivity index (χ1v) is 20.1. The largest absolute Gasteiger partial charge is 0.381 e. The molecule has 0 unspecified atom stereocenters. The van der Waals surface area contributed by atoms with E-state index >= 15 is 0 Å². The molecule has 2 amide bonds. The molecule has 8 heterocycles. The average molecular weight is 786 g/mol. The van der Waals surface area contributed by atoms with Crippen LogP contribution in [0.4, 0.5) is 17.5 Å². The van der Waals surface area contributed by atoms with Crippen molar-refractivity contribution in [3.8, 4) is 11.4 Å². The molecule has 302 valence electrons. The Hall–Kier alpha value is -5.93. The highest BCUT2D eigenvalue weighted by atomic mass is 16.5. The smallest absolute Gasteiger partial charge is 0.254 e. The summed E-state index contributed by atoms with van der Waals surface area (Å²) < 4.78 is 11.2.